The van der Waals surface area contributed by atoms with Crippen LogP contribution in [0.15, 0.2) is 0 Å². The molecule has 5 nitrogen and oxygen atoms in total. The molecule has 2 rings (SSSR count). The number of ether oxygens (including phenoxy) is 3. The van der Waals surface area contributed by atoms with Crippen LogP contribution in [-0.2, 0) is 14.2 Å². The molecule has 3 atom stereocenters. The Labute approximate surface area is 76.2 Å². The van der Waals surface area contributed by atoms with E-state index in [1.807, 2.05) is 0 Å². The van der Waals surface area contributed by atoms with E-state index in [1.54, 1.807) is 13.8 Å². The minimum Gasteiger partial charge on any atom is -0.393 e. The van der Waals surface area contributed by atoms with Crippen LogP contribution < -0.4 is 0 Å². The topological polar surface area (TPSA) is 68.2 Å². The molecule has 0 aromatic heterocycles. The van der Waals surface area contributed by atoms with Crippen LogP contribution in [0.2, 0.25) is 0 Å². The second kappa shape index (κ2) is 2.65. The van der Waals surface area contributed by atoms with Gasteiger partial charge in [-0.3, -0.25) is 0 Å². The summed E-state index contributed by atoms with van der Waals surface area (Å²) in [5.74, 6) is -0.766. The number of rotatable bonds is 1. The minimum atomic E-state index is -1.11. The van der Waals surface area contributed by atoms with Gasteiger partial charge in [0.2, 0.25) is 0 Å². The molecule has 2 aliphatic heterocycles. The van der Waals surface area contributed by atoms with Crippen molar-refractivity contribution >= 4 is 0 Å². The van der Waals surface area contributed by atoms with Gasteiger partial charge < -0.3 is 24.4 Å². The van der Waals surface area contributed by atoms with Gasteiger partial charge in [0.05, 0.1) is 13.2 Å². The van der Waals surface area contributed by atoms with Crippen LogP contribution in [0.1, 0.15) is 13.8 Å². The van der Waals surface area contributed by atoms with Crippen LogP contribution in [0.5, 0.6) is 0 Å². The first-order valence-electron chi connectivity index (χ1n) is 4.29. The molecule has 13 heavy (non-hydrogen) atoms. The highest BCUT2D eigenvalue weighted by Crippen LogP contribution is 2.42. The summed E-state index contributed by atoms with van der Waals surface area (Å²) in [4.78, 5) is 0. The van der Waals surface area contributed by atoms with Crippen LogP contribution in [-0.4, -0.2) is 47.2 Å². The van der Waals surface area contributed by atoms with Crippen LogP contribution >= 0.6 is 0 Å². The van der Waals surface area contributed by atoms with Gasteiger partial charge in [0.15, 0.2) is 17.7 Å². The summed E-state index contributed by atoms with van der Waals surface area (Å²) in [5, 5.41) is 18.7. The first kappa shape index (κ1) is 9.36. The molecule has 0 amide bonds. The van der Waals surface area contributed by atoms with E-state index in [9.17, 15) is 10.2 Å². The van der Waals surface area contributed by atoms with Gasteiger partial charge in [-0.15, -0.1) is 0 Å². The third kappa shape index (κ3) is 1.19. The van der Waals surface area contributed by atoms with E-state index < -0.39 is 17.7 Å². The first-order valence-corrected chi connectivity index (χ1v) is 4.29. The largest absolute Gasteiger partial charge is 0.393 e. The lowest BCUT2D eigenvalue weighted by Gasteiger charge is -2.27. The molecule has 0 aromatic rings. The highest BCUT2D eigenvalue weighted by molar-refractivity contribution is 5.02. The van der Waals surface area contributed by atoms with E-state index in [4.69, 9.17) is 14.2 Å². The van der Waals surface area contributed by atoms with Crippen molar-refractivity contribution in [3.05, 3.63) is 0 Å². The summed E-state index contributed by atoms with van der Waals surface area (Å²) in [5.41, 5.74) is -1.09. The van der Waals surface area contributed by atoms with Gasteiger partial charge in [-0.05, 0) is 13.8 Å². The Kier molecular flexibility index (Phi) is 1.91. The van der Waals surface area contributed by atoms with Crippen molar-refractivity contribution in [3.63, 3.8) is 0 Å². The van der Waals surface area contributed by atoms with E-state index in [2.05, 4.69) is 0 Å². The molecule has 0 spiro atoms. The van der Waals surface area contributed by atoms with E-state index >= 15 is 0 Å². The first-order chi connectivity index (χ1) is 6.00. The van der Waals surface area contributed by atoms with Gasteiger partial charge in [-0.1, -0.05) is 0 Å². The maximum absolute atomic E-state index is 9.49. The SMILES string of the molecule is CC1(C)O[C@H]2CO[C@@H](O)[C@@]2(CO)O1. The summed E-state index contributed by atoms with van der Waals surface area (Å²) >= 11 is 0. The summed E-state index contributed by atoms with van der Waals surface area (Å²) in [6.45, 7) is 3.44. The maximum atomic E-state index is 9.49. The Morgan fingerprint density at radius 2 is 2.15 bits per heavy atom. The second-order valence-electron chi connectivity index (χ2n) is 3.91. The molecule has 0 unspecified atom stereocenters. The molecule has 76 valence electrons. The lowest BCUT2D eigenvalue weighted by atomic mass is 10.0. The second-order valence-corrected chi connectivity index (χ2v) is 3.91. The summed E-state index contributed by atoms with van der Waals surface area (Å²) < 4.78 is 15.9. The van der Waals surface area contributed by atoms with Crippen molar-refractivity contribution in [3.8, 4) is 0 Å². The molecule has 5 heteroatoms. The third-order valence-electron chi connectivity index (χ3n) is 2.48. The van der Waals surface area contributed by atoms with Crippen molar-refractivity contribution < 1.29 is 24.4 Å². The highest BCUT2D eigenvalue weighted by Gasteiger charge is 2.61. The lowest BCUT2D eigenvalue weighted by molar-refractivity contribution is -0.243. The zero-order valence-electron chi connectivity index (χ0n) is 7.69. The maximum Gasteiger partial charge on any atom is 0.189 e. The fraction of sp³-hybridized carbons (Fsp3) is 1.00. The molecule has 0 saturated carbocycles. The van der Waals surface area contributed by atoms with Gasteiger partial charge in [0, 0.05) is 0 Å². The van der Waals surface area contributed by atoms with Crippen molar-refractivity contribution in [1.82, 2.24) is 0 Å². The van der Waals surface area contributed by atoms with Crippen molar-refractivity contribution in [2.45, 2.75) is 37.6 Å². The molecule has 0 radical (unpaired) electrons. The molecule has 2 aliphatic rings. The van der Waals surface area contributed by atoms with Crippen LogP contribution in [0, 0.1) is 0 Å². The Hall–Kier alpha value is -0.200. The number of hydrogen-bond acceptors (Lipinski definition) is 5. The molecular weight excluding hydrogens is 176 g/mol. The van der Waals surface area contributed by atoms with Gasteiger partial charge in [0.25, 0.3) is 0 Å². The average molecular weight is 190 g/mol. The molecule has 2 N–H and O–H groups in total. The zero-order chi connectivity index (χ0) is 9.69. The minimum absolute atomic E-state index is 0.255. The Morgan fingerprint density at radius 3 is 2.69 bits per heavy atom. The Bertz CT molecular complexity index is 217. The van der Waals surface area contributed by atoms with Crippen molar-refractivity contribution in [2.75, 3.05) is 13.2 Å². The van der Waals surface area contributed by atoms with Gasteiger partial charge >= 0.3 is 0 Å². The third-order valence-corrected chi connectivity index (χ3v) is 2.48. The number of fused-ring (bicyclic) bond motifs is 1. The van der Waals surface area contributed by atoms with Crippen LogP contribution in [0.3, 0.4) is 0 Å². The fourth-order valence-electron chi connectivity index (χ4n) is 1.91. The van der Waals surface area contributed by atoms with Gasteiger partial charge in [-0.2, -0.15) is 0 Å². The standard InChI is InChI=1S/C8H14O5/c1-7(2)12-5-3-11-6(10)8(5,4-9)13-7/h5-6,9-10H,3-4H2,1-2H3/t5-,6+,8-/m0/s1. The zero-order valence-corrected chi connectivity index (χ0v) is 7.69. The predicted molar refractivity (Wildman–Crippen MR) is 41.8 cm³/mol. The van der Waals surface area contributed by atoms with Crippen molar-refractivity contribution in [1.29, 1.82) is 0 Å². The Morgan fingerprint density at radius 1 is 1.46 bits per heavy atom. The van der Waals surface area contributed by atoms with Gasteiger partial charge in [0.1, 0.15) is 6.10 Å². The summed E-state index contributed by atoms with van der Waals surface area (Å²) in [7, 11) is 0. The smallest absolute Gasteiger partial charge is 0.189 e. The molecular formula is C8H14O5. The normalized spacial score (nSPS) is 48.0. The van der Waals surface area contributed by atoms with E-state index in [0.29, 0.717) is 0 Å². The van der Waals surface area contributed by atoms with E-state index in [-0.39, 0.29) is 19.3 Å². The molecule has 0 aliphatic carbocycles. The molecule has 2 saturated heterocycles. The van der Waals surface area contributed by atoms with Crippen molar-refractivity contribution in [2.24, 2.45) is 0 Å². The fourth-order valence-corrected chi connectivity index (χ4v) is 1.91. The number of hydrogen-bond donors (Lipinski definition) is 2. The highest BCUT2D eigenvalue weighted by atomic mass is 16.8. The molecule has 2 fully saturated rings. The van der Waals surface area contributed by atoms with Gasteiger partial charge in [-0.25, -0.2) is 0 Å². The molecule has 0 bridgehead atoms. The van der Waals surface area contributed by atoms with Crippen LogP contribution in [0.4, 0.5) is 0 Å². The van der Waals surface area contributed by atoms with E-state index in [1.165, 1.54) is 0 Å². The average Bonchev–Trinajstić information content (AvgIpc) is 2.46. The lowest BCUT2D eigenvalue weighted by Crippen LogP contribution is -2.49. The Balaban J connectivity index is 2.26. The number of aliphatic hydroxyl groups is 2. The molecule has 2 heterocycles. The van der Waals surface area contributed by atoms with E-state index in [0.717, 1.165) is 0 Å². The summed E-state index contributed by atoms with van der Waals surface area (Å²) in [6, 6.07) is 0. The van der Waals surface area contributed by atoms with Crippen LogP contribution in [0.25, 0.3) is 0 Å². The predicted octanol–water partition coefficient (Wildman–Crippen LogP) is -0.782. The summed E-state index contributed by atoms with van der Waals surface area (Å²) in [6.07, 6.45) is -1.49. The molecule has 0 aromatic carbocycles. The number of aliphatic hydroxyl groups excluding tert-OH is 2. The monoisotopic (exact) mass is 190 g/mol. The quantitative estimate of drug-likeness (QED) is 0.567.